The quantitative estimate of drug-likeness (QED) is 0.807. The molecule has 0 aliphatic heterocycles. The van der Waals surface area contributed by atoms with Gasteiger partial charge in [0.05, 0.1) is 25.5 Å². The molecule has 2 rings (SSSR count). The molecule has 0 saturated heterocycles. The number of aromatic nitrogens is 4. The topological polar surface area (TPSA) is 64.9 Å². The van der Waals surface area contributed by atoms with Gasteiger partial charge in [-0.3, -0.25) is 4.68 Å². The van der Waals surface area contributed by atoms with Crippen molar-refractivity contribution in [2.75, 3.05) is 13.7 Å². The average Bonchev–Trinajstić information content (AvgIpc) is 2.92. The van der Waals surface area contributed by atoms with Crippen LogP contribution in [0.15, 0.2) is 24.7 Å². The lowest BCUT2D eigenvalue weighted by molar-refractivity contribution is 0.397. The van der Waals surface area contributed by atoms with Crippen molar-refractivity contribution in [2.45, 2.75) is 39.3 Å². The number of nitrogens with zero attached hydrogens (tertiary/aromatic N) is 4. The Kier molecular flexibility index (Phi) is 5.68. The van der Waals surface area contributed by atoms with Crippen LogP contribution in [0.3, 0.4) is 0 Å². The van der Waals surface area contributed by atoms with Gasteiger partial charge in [-0.2, -0.15) is 15.3 Å². The van der Waals surface area contributed by atoms with E-state index in [-0.39, 0.29) is 6.04 Å². The minimum atomic E-state index is 0.00412. The molecule has 1 unspecified atom stereocenters. The molecule has 0 radical (unpaired) electrons. The molecule has 0 fully saturated rings. The zero-order chi connectivity index (χ0) is 15.1. The maximum atomic E-state index is 5.50. The van der Waals surface area contributed by atoms with Crippen molar-refractivity contribution in [3.8, 4) is 5.75 Å². The Morgan fingerprint density at radius 1 is 1.24 bits per heavy atom. The summed E-state index contributed by atoms with van der Waals surface area (Å²) in [7, 11) is 1.68. The Balaban J connectivity index is 2.42. The molecule has 1 atom stereocenters. The van der Waals surface area contributed by atoms with Gasteiger partial charge in [-0.25, -0.2) is 0 Å². The molecule has 6 nitrogen and oxygen atoms in total. The van der Waals surface area contributed by atoms with Crippen LogP contribution in [0.5, 0.6) is 5.75 Å². The smallest absolute Gasteiger partial charge is 0.161 e. The number of rotatable bonds is 8. The summed E-state index contributed by atoms with van der Waals surface area (Å²) in [5.41, 5.74) is 2.11. The van der Waals surface area contributed by atoms with Crippen molar-refractivity contribution in [1.29, 1.82) is 0 Å². The lowest BCUT2D eigenvalue weighted by atomic mass is 10.1. The monoisotopic (exact) mass is 289 g/mol. The molecule has 0 aromatic carbocycles. The van der Waals surface area contributed by atoms with Gasteiger partial charge in [0, 0.05) is 12.7 Å². The van der Waals surface area contributed by atoms with E-state index < -0.39 is 0 Å². The third-order valence-corrected chi connectivity index (χ3v) is 3.31. The van der Waals surface area contributed by atoms with E-state index in [1.54, 1.807) is 25.7 Å². The highest BCUT2D eigenvalue weighted by Crippen LogP contribution is 2.29. The second-order valence-electron chi connectivity index (χ2n) is 4.88. The SMILES string of the molecule is CCCNC(c1ccnnc1)c1c(OC)cnn1CCC. The van der Waals surface area contributed by atoms with E-state index in [2.05, 4.69) is 34.5 Å². The second-order valence-corrected chi connectivity index (χ2v) is 4.88. The highest BCUT2D eigenvalue weighted by Gasteiger charge is 2.23. The minimum Gasteiger partial charge on any atom is -0.493 e. The number of nitrogens with one attached hydrogen (secondary N) is 1. The van der Waals surface area contributed by atoms with Gasteiger partial charge in [-0.1, -0.05) is 13.8 Å². The first-order chi connectivity index (χ1) is 10.3. The van der Waals surface area contributed by atoms with Crippen LogP contribution in [0.4, 0.5) is 0 Å². The number of hydrogen-bond donors (Lipinski definition) is 1. The van der Waals surface area contributed by atoms with E-state index >= 15 is 0 Å². The standard InChI is InChI=1S/C15H23N5O/c1-4-7-16-14(12-6-8-17-18-10-12)15-13(21-3)11-19-20(15)9-5-2/h6,8,10-11,14,16H,4-5,7,9H2,1-3H3. The summed E-state index contributed by atoms with van der Waals surface area (Å²) < 4.78 is 7.50. The molecule has 2 aromatic heterocycles. The molecule has 114 valence electrons. The minimum absolute atomic E-state index is 0.00412. The highest BCUT2D eigenvalue weighted by molar-refractivity contribution is 5.35. The van der Waals surface area contributed by atoms with Crippen LogP contribution in [-0.4, -0.2) is 33.6 Å². The van der Waals surface area contributed by atoms with Gasteiger partial charge in [0.2, 0.25) is 0 Å². The maximum absolute atomic E-state index is 5.50. The molecule has 1 N–H and O–H groups in total. The van der Waals surface area contributed by atoms with Gasteiger partial charge >= 0.3 is 0 Å². The van der Waals surface area contributed by atoms with E-state index in [9.17, 15) is 0 Å². The van der Waals surface area contributed by atoms with Gasteiger partial charge in [0.25, 0.3) is 0 Å². The normalized spacial score (nSPS) is 12.3. The first-order valence-electron chi connectivity index (χ1n) is 7.41. The van der Waals surface area contributed by atoms with Crippen LogP contribution < -0.4 is 10.1 Å². The van der Waals surface area contributed by atoms with Crippen LogP contribution in [0.2, 0.25) is 0 Å². The van der Waals surface area contributed by atoms with Gasteiger partial charge in [0.1, 0.15) is 5.69 Å². The van der Waals surface area contributed by atoms with Crippen LogP contribution in [0, 0.1) is 0 Å². The molecular formula is C15H23N5O. The number of methoxy groups -OCH3 is 1. The molecule has 0 aliphatic carbocycles. The summed E-state index contributed by atoms with van der Waals surface area (Å²) in [6, 6.07) is 1.98. The number of aryl methyl sites for hydroxylation is 1. The van der Waals surface area contributed by atoms with E-state index in [1.807, 2.05) is 10.7 Å². The second kappa shape index (κ2) is 7.73. The number of ether oxygens (including phenoxy) is 1. The van der Waals surface area contributed by atoms with Crippen LogP contribution in [-0.2, 0) is 6.54 Å². The lowest BCUT2D eigenvalue weighted by Gasteiger charge is -2.21. The van der Waals surface area contributed by atoms with E-state index in [0.717, 1.165) is 42.9 Å². The van der Waals surface area contributed by atoms with Crippen molar-refractivity contribution < 1.29 is 4.74 Å². The summed E-state index contributed by atoms with van der Waals surface area (Å²) >= 11 is 0. The predicted molar refractivity (Wildman–Crippen MR) is 81.2 cm³/mol. The molecule has 21 heavy (non-hydrogen) atoms. The molecule has 0 aliphatic rings. The summed E-state index contributed by atoms with van der Waals surface area (Å²) in [4.78, 5) is 0. The molecule has 0 saturated carbocycles. The molecule has 6 heteroatoms. The van der Waals surface area contributed by atoms with Gasteiger partial charge in [-0.15, -0.1) is 0 Å². The van der Waals surface area contributed by atoms with E-state index in [4.69, 9.17) is 4.74 Å². The average molecular weight is 289 g/mol. The highest BCUT2D eigenvalue weighted by atomic mass is 16.5. The molecule has 2 heterocycles. The lowest BCUT2D eigenvalue weighted by Crippen LogP contribution is -2.26. The van der Waals surface area contributed by atoms with E-state index in [1.165, 1.54) is 0 Å². The van der Waals surface area contributed by atoms with Crippen molar-refractivity contribution in [3.05, 3.63) is 35.9 Å². The largest absolute Gasteiger partial charge is 0.493 e. The maximum Gasteiger partial charge on any atom is 0.161 e. The van der Waals surface area contributed by atoms with Gasteiger partial charge in [0.15, 0.2) is 5.75 Å². The fourth-order valence-corrected chi connectivity index (χ4v) is 2.35. The summed E-state index contributed by atoms with van der Waals surface area (Å²) in [5.74, 6) is 0.800. The van der Waals surface area contributed by atoms with Gasteiger partial charge < -0.3 is 10.1 Å². The van der Waals surface area contributed by atoms with Crippen molar-refractivity contribution in [2.24, 2.45) is 0 Å². The Labute approximate surface area is 125 Å². The summed E-state index contributed by atoms with van der Waals surface area (Å²) in [5, 5.41) is 15.9. The van der Waals surface area contributed by atoms with Gasteiger partial charge in [-0.05, 0) is 31.0 Å². The first kappa shape index (κ1) is 15.4. The Hall–Kier alpha value is -1.95. The third kappa shape index (κ3) is 3.58. The molecule has 0 spiro atoms. The first-order valence-corrected chi connectivity index (χ1v) is 7.41. The third-order valence-electron chi connectivity index (χ3n) is 3.31. The Morgan fingerprint density at radius 2 is 2.10 bits per heavy atom. The van der Waals surface area contributed by atoms with Crippen molar-refractivity contribution in [3.63, 3.8) is 0 Å². The predicted octanol–water partition coefficient (Wildman–Crippen LogP) is 2.18. The number of hydrogen-bond acceptors (Lipinski definition) is 5. The summed E-state index contributed by atoms with van der Waals surface area (Å²) in [6.07, 6.45) is 7.35. The fourth-order valence-electron chi connectivity index (χ4n) is 2.35. The van der Waals surface area contributed by atoms with Crippen molar-refractivity contribution >= 4 is 0 Å². The Morgan fingerprint density at radius 3 is 2.71 bits per heavy atom. The van der Waals surface area contributed by atoms with Crippen LogP contribution in [0.1, 0.15) is 44.0 Å². The van der Waals surface area contributed by atoms with E-state index in [0.29, 0.717) is 0 Å². The fraction of sp³-hybridized carbons (Fsp3) is 0.533. The zero-order valence-corrected chi connectivity index (χ0v) is 12.9. The molecular weight excluding hydrogens is 266 g/mol. The zero-order valence-electron chi connectivity index (χ0n) is 12.9. The van der Waals surface area contributed by atoms with Crippen LogP contribution >= 0.6 is 0 Å². The molecule has 0 amide bonds. The molecule has 0 bridgehead atoms. The van der Waals surface area contributed by atoms with Crippen LogP contribution in [0.25, 0.3) is 0 Å². The summed E-state index contributed by atoms with van der Waals surface area (Å²) in [6.45, 7) is 6.06. The Bertz CT molecular complexity index is 540. The molecule has 2 aromatic rings. The van der Waals surface area contributed by atoms with Crippen molar-refractivity contribution in [1.82, 2.24) is 25.3 Å².